The van der Waals surface area contributed by atoms with Crippen molar-refractivity contribution in [2.24, 2.45) is 0 Å². The summed E-state index contributed by atoms with van der Waals surface area (Å²) in [6, 6.07) is 20.8. The number of benzene rings is 2. The molecule has 32 heavy (non-hydrogen) atoms. The number of likely N-dealkylation sites (N-methyl/N-ethyl adjacent to an activating group) is 1. The summed E-state index contributed by atoms with van der Waals surface area (Å²) in [5, 5.41) is 0. The molecule has 162 valence electrons. The number of pyridine rings is 1. The van der Waals surface area contributed by atoms with Gasteiger partial charge in [0.05, 0.1) is 18.7 Å². The van der Waals surface area contributed by atoms with Crippen molar-refractivity contribution in [1.82, 2.24) is 14.8 Å². The maximum atomic E-state index is 13.5. The molecular weight excluding hydrogens is 402 g/mol. The van der Waals surface area contributed by atoms with Crippen LogP contribution in [-0.4, -0.2) is 40.3 Å². The molecule has 1 aliphatic rings. The van der Waals surface area contributed by atoms with Crippen LogP contribution in [0.15, 0.2) is 84.8 Å². The molecule has 0 unspecified atom stereocenters. The van der Waals surface area contributed by atoms with Crippen LogP contribution in [0.3, 0.4) is 0 Å². The zero-order chi connectivity index (χ0) is 22.5. The average Bonchev–Trinajstić information content (AvgIpc) is 3.06. The Labute approximate surface area is 187 Å². The number of ether oxygens (including phenoxy) is 1. The van der Waals surface area contributed by atoms with Crippen LogP contribution >= 0.6 is 0 Å². The van der Waals surface area contributed by atoms with Gasteiger partial charge in [-0.2, -0.15) is 0 Å². The molecule has 0 N–H and O–H groups in total. The van der Waals surface area contributed by atoms with Gasteiger partial charge in [0.1, 0.15) is 11.4 Å². The first kappa shape index (κ1) is 21.3. The number of imide groups is 1. The second-order valence-electron chi connectivity index (χ2n) is 7.58. The third-order valence-corrected chi connectivity index (χ3v) is 5.31. The highest BCUT2D eigenvalue weighted by molar-refractivity contribution is 6.35. The first-order chi connectivity index (χ1) is 15.6. The van der Waals surface area contributed by atoms with Crippen LogP contribution in [-0.2, 0) is 22.7 Å². The summed E-state index contributed by atoms with van der Waals surface area (Å²) in [5.74, 6) is 0.110. The molecule has 0 fully saturated rings. The smallest absolute Gasteiger partial charge is 0.278 e. The fraction of sp³-hybridized carbons (Fsp3) is 0.192. The van der Waals surface area contributed by atoms with E-state index in [0.29, 0.717) is 30.0 Å². The van der Waals surface area contributed by atoms with Crippen LogP contribution < -0.4 is 4.74 Å². The summed E-state index contributed by atoms with van der Waals surface area (Å²) in [4.78, 5) is 34.2. The number of amides is 2. The Morgan fingerprint density at radius 3 is 2.28 bits per heavy atom. The van der Waals surface area contributed by atoms with Crippen molar-refractivity contribution in [3.05, 3.63) is 102 Å². The zero-order valence-corrected chi connectivity index (χ0v) is 18.2. The van der Waals surface area contributed by atoms with Gasteiger partial charge in [-0.3, -0.25) is 19.5 Å². The van der Waals surface area contributed by atoms with E-state index in [-0.39, 0.29) is 18.4 Å². The van der Waals surface area contributed by atoms with Crippen molar-refractivity contribution < 1.29 is 14.3 Å². The predicted molar refractivity (Wildman–Crippen MR) is 122 cm³/mol. The molecule has 2 aromatic carbocycles. The highest BCUT2D eigenvalue weighted by atomic mass is 16.5. The molecule has 0 aliphatic carbocycles. The normalized spacial score (nSPS) is 13.6. The number of hydrogen-bond acceptors (Lipinski definition) is 5. The van der Waals surface area contributed by atoms with Gasteiger partial charge in [0.2, 0.25) is 0 Å². The molecule has 0 atom stereocenters. The fourth-order valence-corrected chi connectivity index (χ4v) is 3.82. The van der Waals surface area contributed by atoms with Crippen LogP contribution in [0.2, 0.25) is 0 Å². The van der Waals surface area contributed by atoms with E-state index in [9.17, 15) is 9.59 Å². The quantitative estimate of drug-likeness (QED) is 0.511. The van der Waals surface area contributed by atoms with Crippen LogP contribution in [0.1, 0.15) is 23.6 Å². The Bertz CT molecular complexity index is 1130. The molecule has 0 saturated carbocycles. The lowest BCUT2D eigenvalue weighted by atomic mass is 10.0. The topological polar surface area (TPSA) is 62.7 Å². The van der Waals surface area contributed by atoms with Gasteiger partial charge in [-0.25, -0.2) is 0 Å². The van der Waals surface area contributed by atoms with E-state index in [1.165, 1.54) is 4.90 Å². The minimum absolute atomic E-state index is 0.175. The molecule has 4 rings (SSSR count). The van der Waals surface area contributed by atoms with Crippen molar-refractivity contribution in [1.29, 1.82) is 0 Å². The van der Waals surface area contributed by atoms with Crippen molar-refractivity contribution in [3.8, 4) is 5.75 Å². The number of carbonyl (C=O) groups excluding carboxylic acids is 2. The van der Waals surface area contributed by atoms with Gasteiger partial charge in [0, 0.05) is 26.0 Å². The first-order valence-electron chi connectivity index (χ1n) is 10.6. The van der Waals surface area contributed by atoms with Crippen molar-refractivity contribution >= 4 is 17.4 Å². The Morgan fingerprint density at radius 2 is 1.62 bits per heavy atom. The van der Waals surface area contributed by atoms with E-state index >= 15 is 0 Å². The zero-order valence-electron chi connectivity index (χ0n) is 18.2. The number of nitrogens with zero attached hydrogens (tertiary/aromatic N) is 3. The molecule has 1 aliphatic heterocycles. The van der Waals surface area contributed by atoms with Crippen LogP contribution in [0.4, 0.5) is 0 Å². The monoisotopic (exact) mass is 427 g/mol. The molecular formula is C26H25N3O3. The lowest BCUT2D eigenvalue weighted by Crippen LogP contribution is -2.33. The van der Waals surface area contributed by atoms with E-state index in [4.69, 9.17) is 4.74 Å². The highest BCUT2D eigenvalue weighted by Gasteiger charge is 2.40. The third kappa shape index (κ3) is 4.39. The fourth-order valence-electron chi connectivity index (χ4n) is 3.82. The number of carbonyl (C=O) groups is 2. The summed E-state index contributed by atoms with van der Waals surface area (Å²) in [7, 11) is 1.84. The third-order valence-electron chi connectivity index (χ3n) is 5.31. The lowest BCUT2D eigenvalue weighted by molar-refractivity contribution is -0.138. The Kier molecular flexibility index (Phi) is 6.31. The number of aromatic nitrogens is 1. The molecule has 0 radical (unpaired) electrons. The minimum atomic E-state index is -0.307. The summed E-state index contributed by atoms with van der Waals surface area (Å²) < 4.78 is 5.53. The van der Waals surface area contributed by atoms with Gasteiger partial charge in [-0.1, -0.05) is 48.5 Å². The lowest BCUT2D eigenvalue weighted by Gasteiger charge is -2.21. The van der Waals surface area contributed by atoms with E-state index in [1.54, 1.807) is 18.5 Å². The summed E-state index contributed by atoms with van der Waals surface area (Å²) in [5.41, 5.74) is 3.34. The second-order valence-corrected chi connectivity index (χ2v) is 7.58. The molecule has 2 amide bonds. The molecule has 0 saturated heterocycles. The number of hydrogen-bond donors (Lipinski definition) is 0. The van der Waals surface area contributed by atoms with Gasteiger partial charge < -0.3 is 9.64 Å². The van der Waals surface area contributed by atoms with Gasteiger partial charge in [-0.05, 0) is 41.8 Å². The maximum absolute atomic E-state index is 13.5. The number of rotatable bonds is 8. The molecule has 6 heteroatoms. The molecule has 6 nitrogen and oxygen atoms in total. The Morgan fingerprint density at radius 1 is 0.906 bits per heavy atom. The van der Waals surface area contributed by atoms with Crippen molar-refractivity contribution in [3.63, 3.8) is 0 Å². The predicted octanol–water partition coefficient (Wildman–Crippen LogP) is 3.89. The van der Waals surface area contributed by atoms with Gasteiger partial charge in [-0.15, -0.1) is 0 Å². The summed E-state index contributed by atoms with van der Waals surface area (Å²) in [6.07, 6.45) is 3.34. The van der Waals surface area contributed by atoms with Crippen LogP contribution in [0.5, 0.6) is 5.75 Å². The van der Waals surface area contributed by atoms with Crippen molar-refractivity contribution in [2.45, 2.75) is 20.0 Å². The minimum Gasteiger partial charge on any atom is -0.494 e. The highest BCUT2D eigenvalue weighted by Crippen LogP contribution is 2.33. The second kappa shape index (κ2) is 9.47. The van der Waals surface area contributed by atoms with Gasteiger partial charge in [0.15, 0.2) is 0 Å². The van der Waals surface area contributed by atoms with Crippen molar-refractivity contribution in [2.75, 3.05) is 13.7 Å². The SMILES string of the molecule is CCOc1ccc(C2=C(N(C)Cc3ccccc3)C(=O)N(Cc3cccnc3)C2=O)cc1. The standard InChI is InChI=1S/C26H25N3O3/c1-3-32-22-13-11-21(12-14-22)23-24(28(2)17-19-8-5-4-6-9-19)26(31)29(25(23)30)18-20-10-7-15-27-16-20/h4-16H,3,17-18H2,1-2H3. The summed E-state index contributed by atoms with van der Waals surface area (Å²) >= 11 is 0. The molecule has 2 heterocycles. The molecule has 3 aromatic rings. The Balaban J connectivity index is 1.71. The van der Waals surface area contributed by atoms with Gasteiger partial charge in [0.25, 0.3) is 11.8 Å². The van der Waals surface area contributed by atoms with Crippen LogP contribution in [0.25, 0.3) is 5.57 Å². The van der Waals surface area contributed by atoms with E-state index < -0.39 is 0 Å². The van der Waals surface area contributed by atoms with E-state index in [2.05, 4.69) is 4.98 Å². The average molecular weight is 428 g/mol. The first-order valence-corrected chi connectivity index (χ1v) is 10.6. The van der Waals surface area contributed by atoms with Crippen LogP contribution in [0, 0.1) is 0 Å². The molecule has 0 bridgehead atoms. The van der Waals surface area contributed by atoms with E-state index in [1.807, 2.05) is 79.5 Å². The van der Waals surface area contributed by atoms with Gasteiger partial charge >= 0.3 is 0 Å². The maximum Gasteiger partial charge on any atom is 0.278 e. The van der Waals surface area contributed by atoms with E-state index in [0.717, 1.165) is 16.9 Å². The molecule has 1 aromatic heterocycles. The largest absolute Gasteiger partial charge is 0.494 e. The molecule has 0 spiro atoms. The Hall–Kier alpha value is -3.93. The summed E-state index contributed by atoms with van der Waals surface area (Å²) in [6.45, 7) is 3.16.